The van der Waals surface area contributed by atoms with Crippen LogP contribution in [0.1, 0.15) is 54.4 Å². The number of nitrogens with one attached hydrogen (secondary N) is 3. The number of benzene rings is 4. The lowest BCUT2D eigenvalue weighted by molar-refractivity contribution is -0.120. The summed E-state index contributed by atoms with van der Waals surface area (Å²) >= 11 is 0. The van der Waals surface area contributed by atoms with Crippen LogP contribution in [0.25, 0.3) is 23.0 Å². The van der Waals surface area contributed by atoms with Gasteiger partial charge in [-0.25, -0.2) is 4.68 Å². The van der Waals surface area contributed by atoms with Crippen molar-refractivity contribution >= 4 is 35.0 Å². The second-order valence-corrected chi connectivity index (χ2v) is 10.9. The Morgan fingerprint density at radius 2 is 1.26 bits per heavy atom. The molecule has 0 aliphatic carbocycles. The Morgan fingerprint density at radius 3 is 1.93 bits per heavy atom. The van der Waals surface area contributed by atoms with Crippen LogP contribution in [0.4, 0.5) is 11.4 Å². The van der Waals surface area contributed by atoms with Crippen LogP contribution in [0.5, 0.6) is 0 Å². The van der Waals surface area contributed by atoms with E-state index >= 15 is 0 Å². The number of anilines is 2. The molecule has 8 nitrogen and oxygen atoms in total. The minimum atomic E-state index is -0.145. The summed E-state index contributed by atoms with van der Waals surface area (Å²) in [5.41, 5.74) is 11.1. The van der Waals surface area contributed by atoms with E-state index in [2.05, 4.69) is 16.2 Å². The number of carbonyl (C=O) groups is 3. The number of amides is 2. The van der Waals surface area contributed by atoms with E-state index in [-0.39, 0.29) is 17.6 Å². The molecular formula is C38H37N5O3. The topological polar surface area (TPSA) is 105 Å². The summed E-state index contributed by atoms with van der Waals surface area (Å²) in [4.78, 5) is 37.4. The van der Waals surface area contributed by atoms with Gasteiger partial charge in [0.2, 0.25) is 11.8 Å². The van der Waals surface area contributed by atoms with Crippen LogP contribution in [0.2, 0.25) is 0 Å². The van der Waals surface area contributed by atoms with Gasteiger partial charge in [-0.1, -0.05) is 79.6 Å². The maximum Gasteiger partial charge on any atom is 0.238 e. The van der Waals surface area contributed by atoms with Gasteiger partial charge < -0.3 is 5.32 Å². The van der Waals surface area contributed by atoms with Gasteiger partial charge in [-0.3, -0.25) is 25.2 Å². The van der Waals surface area contributed by atoms with Gasteiger partial charge in [0.1, 0.15) is 0 Å². The van der Waals surface area contributed by atoms with Crippen LogP contribution < -0.4 is 16.2 Å². The molecule has 0 aliphatic rings. The molecule has 3 N–H and O–H groups in total. The Hall–Kier alpha value is -5.76. The predicted octanol–water partition coefficient (Wildman–Crippen LogP) is 7.86. The van der Waals surface area contributed by atoms with Gasteiger partial charge in [0.25, 0.3) is 0 Å². The van der Waals surface area contributed by atoms with Crippen LogP contribution >= 0.6 is 0 Å². The first-order valence-electron chi connectivity index (χ1n) is 15.5. The Bertz CT molecular complexity index is 1750. The van der Waals surface area contributed by atoms with Crippen molar-refractivity contribution in [2.75, 3.05) is 10.7 Å². The average molecular weight is 612 g/mol. The van der Waals surface area contributed by atoms with Crippen molar-refractivity contribution in [3.8, 4) is 16.9 Å². The molecule has 0 aliphatic heterocycles. The molecule has 0 fully saturated rings. The van der Waals surface area contributed by atoms with Crippen molar-refractivity contribution in [1.82, 2.24) is 15.2 Å². The van der Waals surface area contributed by atoms with E-state index in [1.165, 1.54) is 0 Å². The van der Waals surface area contributed by atoms with Crippen molar-refractivity contribution in [2.45, 2.75) is 38.5 Å². The lowest BCUT2D eigenvalue weighted by atomic mass is 10.1. The van der Waals surface area contributed by atoms with E-state index in [1.54, 1.807) is 36.4 Å². The SMILES string of the molecule is O=C(CCCCCCC(=O)Nc1ccc(C(=O)/C=C/c2cn(-c3ccccc3)nc2-c2ccccc2)cc1)NNc1ccccc1. The number of ketones is 1. The minimum Gasteiger partial charge on any atom is -0.326 e. The van der Waals surface area contributed by atoms with E-state index in [4.69, 9.17) is 5.10 Å². The number of allylic oxidation sites excluding steroid dienone is 1. The lowest BCUT2D eigenvalue weighted by Crippen LogP contribution is -2.28. The van der Waals surface area contributed by atoms with Gasteiger partial charge in [-0.05, 0) is 73.5 Å². The molecule has 8 heteroatoms. The van der Waals surface area contributed by atoms with E-state index < -0.39 is 0 Å². The van der Waals surface area contributed by atoms with Crippen molar-refractivity contribution in [2.24, 2.45) is 0 Å². The second kappa shape index (κ2) is 16.4. The Balaban J connectivity index is 1.06. The zero-order valence-electron chi connectivity index (χ0n) is 25.6. The Labute approximate surface area is 269 Å². The molecule has 0 radical (unpaired) electrons. The summed E-state index contributed by atoms with van der Waals surface area (Å²) in [6.45, 7) is 0. The predicted molar refractivity (Wildman–Crippen MR) is 183 cm³/mol. The van der Waals surface area contributed by atoms with Gasteiger partial charge in [-0.15, -0.1) is 0 Å². The van der Waals surface area contributed by atoms with Crippen molar-refractivity contribution in [1.29, 1.82) is 0 Å². The fourth-order valence-corrected chi connectivity index (χ4v) is 4.90. The average Bonchev–Trinajstić information content (AvgIpc) is 3.54. The molecule has 1 heterocycles. The monoisotopic (exact) mass is 611 g/mol. The molecule has 46 heavy (non-hydrogen) atoms. The molecule has 5 rings (SSSR count). The van der Waals surface area contributed by atoms with Crippen molar-refractivity contribution < 1.29 is 14.4 Å². The third-order valence-electron chi connectivity index (χ3n) is 7.36. The Morgan fingerprint density at radius 1 is 0.652 bits per heavy atom. The molecule has 0 unspecified atom stereocenters. The second-order valence-electron chi connectivity index (χ2n) is 10.9. The van der Waals surface area contributed by atoms with Crippen LogP contribution in [0, 0.1) is 0 Å². The molecule has 5 aromatic rings. The lowest BCUT2D eigenvalue weighted by Gasteiger charge is -2.08. The third kappa shape index (κ3) is 9.37. The smallest absolute Gasteiger partial charge is 0.238 e. The quantitative estimate of drug-likeness (QED) is 0.0484. The summed E-state index contributed by atoms with van der Waals surface area (Å²) < 4.78 is 1.81. The number of unbranched alkanes of at least 4 members (excludes halogenated alkanes) is 3. The highest BCUT2D eigenvalue weighted by atomic mass is 16.2. The molecule has 4 aromatic carbocycles. The molecule has 0 atom stereocenters. The van der Waals surface area contributed by atoms with Crippen LogP contribution in [-0.2, 0) is 9.59 Å². The van der Waals surface area contributed by atoms with Crippen molar-refractivity contribution in [3.05, 3.63) is 139 Å². The maximum absolute atomic E-state index is 13.0. The minimum absolute atomic E-state index is 0.0601. The highest BCUT2D eigenvalue weighted by Gasteiger charge is 2.12. The highest BCUT2D eigenvalue weighted by molar-refractivity contribution is 6.07. The molecule has 1 aromatic heterocycles. The van der Waals surface area contributed by atoms with E-state index in [1.807, 2.05) is 102 Å². The number of rotatable bonds is 15. The molecule has 0 saturated heterocycles. The van der Waals surface area contributed by atoms with E-state index in [9.17, 15) is 14.4 Å². The van der Waals surface area contributed by atoms with Gasteiger partial charge in [0.15, 0.2) is 5.78 Å². The van der Waals surface area contributed by atoms with Gasteiger partial charge >= 0.3 is 0 Å². The standard InChI is InChI=1S/C38H37N5O3/c44-35(27-24-31-28-43(34-18-10-5-11-19-34)42-38(31)30-14-6-3-7-15-30)29-22-25-32(26-23-29)39-36(45)20-12-1-2-13-21-37(46)41-40-33-16-8-4-9-17-33/h3-11,14-19,22-28,40H,1-2,12-13,20-21H2,(H,39,45)(H,41,46)/b27-24+. The highest BCUT2D eigenvalue weighted by Crippen LogP contribution is 2.25. The zero-order valence-corrected chi connectivity index (χ0v) is 25.6. The summed E-state index contributed by atoms with van der Waals surface area (Å²) in [7, 11) is 0. The van der Waals surface area contributed by atoms with Crippen molar-refractivity contribution in [3.63, 3.8) is 0 Å². The summed E-state index contributed by atoms with van der Waals surface area (Å²) in [5, 5.41) is 7.69. The first kappa shape index (κ1) is 31.7. The zero-order chi connectivity index (χ0) is 32.0. The largest absolute Gasteiger partial charge is 0.326 e. The van der Waals surface area contributed by atoms with Gasteiger partial charge in [-0.2, -0.15) is 5.10 Å². The normalized spacial score (nSPS) is 10.9. The summed E-state index contributed by atoms with van der Waals surface area (Å²) in [6, 6.07) is 36.1. The molecule has 232 valence electrons. The molecule has 2 amide bonds. The van der Waals surface area contributed by atoms with Crippen LogP contribution in [0.3, 0.4) is 0 Å². The van der Waals surface area contributed by atoms with E-state index in [0.717, 1.165) is 53.9 Å². The summed E-state index contributed by atoms with van der Waals surface area (Å²) in [6.07, 6.45) is 9.32. The number of nitrogens with zero attached hydrogens (tertiary/aromatic N) is 2. The number of aromatic nitrogens is 2. The number of hydrogen-bond donors (Lipinski definition) is 3. The van der Waals surface area contributed by atoms with Gasteiger partial charge in [0, 0.05) is 41.4 Å². The number of hydrogen-bond acceptors (Lipinski definition) is 5. The first-order chi connectivity index (χ1) is 22.5. The number of carbonyl (C=O) groups excluding carboxylic acids is 3. The summed E-state index contributed by atoms with van der Waals surface area (Å²) in [5.74, 6) is -0.281. The third-order valence-corrected chi connectivity index (χ3v) is 7.36. The van der Waals surface area contributed by atoms with Gasteiger partial charge in [0.05, 0.1) is 17.1 Å². The fraction of sp³-hybridized carbons (Fsp3) is 0.158. The van der Waals surface area contributed by atoms with E-state index in [0.29, 0.717) is 24.1 Å². The first-order valence-corrected chi connectivity index (χ1v) is 15.5. The molecule has 0 saturated carbocycles. The van der Waals surface area contributed by atoms with Crippen LogP contribution in [-0.4, -0.2) is 27.4 Å². The number of hydrazine groups is 1. The maximum atomic E-state index is 13.0. The fourth-order valence-electron chi connectivity index (χ4n) is 4.90. The molecule has 0 spiro atoms. The molecular weight excluding hydrogens is 574 g/mol. The molecule has 0 bridgehead atoms. The number of para-hydroxylation sites is 2. The Kier molecular flexibility index (Phi) is 11.3. The van der Waals surface area contributed by atoms with Crippen LogP contribution in [0.15, 0.2) is 128 Å².